The third-order valence-electron chi connectivity index (χ3n) is 8.43. The molecule has 1 aliphatic heterocycles. The van der Waals surface area contributed by atoms with Crippen LogP contribution in [-0.4, -0.2) is 45.9 Å². The molecule has 1 heterocycles. The van der Waals surface area contributed by atoms with Gasteiger partial charge in [0.25, 0.3) is 0 Å². The number of hydrogen-bond acceptors (Lipinski definition) is 5. The Balaban J connectivity index is 1.92. The Morgan fingerprint density at radius 1 is 1.22 bits per heavy atom. The van der Waals surface area contributed by atoms with Crippen LogP contribution < -0.4 is 5.32 Å². The van der Waals surface area contributed by atoms with E-state index in [-0.39, 0.29) is 29.7 Å². The summed E-state index contributed by atoms with van der Waals surface area (Å²) in [5.41, 5.74) is -0.635. The zero-order chi connectivity index (χ0) is 26.3. The van der Waals surface area contributed by atoms with Gasteiger partial charge in [0.05, 0.1) is 11.7 Å². The lowest BCUT2D eigenvalue weighted by Crippen LogP contribution is -2.60. The number of esters is 1. The molecule has 6 heteroatoms. The maximum Gasteiger partial charge on any atom is 0.303 e. The number of rotatable bonds is 3. The number of carbonyl (C=O) groups is 2. The van der Waals surface area contributed by atoms with E-state index in [2.05, 4.69) is 18.8 Å². The zero-order valence-electron chi connectivity index (χ0n) is 21.7. The van der Waals surface area contributed by atoms with Crippen LogP contribution in [0.4, 0.5) is 0 Å². The standard InChI is InChI=1S/C30H39NO5/c1-18-10-9-13-23-27(33)20(3)19(2)26-24(16-22-11-7-6-8-12-22)31-28(34)30(23,26)25(36-21(4)32)14-15-29(5,35)17-18/h6-9,11-15,18-19,23-27,33,35H,3,10,16-17H2,1-2,4-5H3,(H,31,34)/b13-9-,15-14+/t18-,19+,23-,24-,25-,26+,27-,29-,30-/m1/s1. The van der Waals surface area contributed by atoms with Crippen LogP contribution in [0, 0.1) is 29.1 Å². The molecule has 0 radical (unpaired) electrons. The van der Waals surface area contributed by atoms with Crippen LogP contribution in [0.5, 0.6) is 0 Å². The van der Waals surface area contributed by atoms with Crippen LogP contribution >= 0.6 is 0 Å². The smallest absolute Gasteiger partial charge is 0.303 e. The number of allylic oxidation sites excluding steroid dienone is 1. The van der Waals surface area contributed by atoms with Crippen molar-refractivity contribution in [3.8, 4) is 0 Å². The van der Waals surface area contributed by atoms with Crippen molar-refractivity contribution < 1.29 is 24.5 Å². The summed E-state index contributed by atoms with van der Waals surface area (Å²) in [5.74, 6) is -1.75. The topological polar surface area (TPSA) is 95.9 Å². The minimum absolute atomic E-state index is 0.170. The highest BCUT2D eigenvalue weighted by atomic mass is 16.5. The average molecular weight is 494 g/mol. The highest BCUT2D eigenvalue weighted by Gasteiger charge is 2.68. The second-order valence-electron chi connectivity index (χ2n) is 11.3. The summed E-state index contributed by atoms with van der Waals surface area (Å²) in [6.07, 6.45) is 7.09. The number of carbonyl (C=O) groups excluding carboxylic acids is 2. The minimum Gasteiger partial charge on any atom is -0.457 e. The molecule has 1 saturated carbocycles. The van der Waals surface area contributed by atoms with Crippen molar-refractivity contribution in [2.24, 2.45) is 29.1 Å². The first-order valence-corrected chi connectivity index (χ1v) is 12.9. The quantitative estimate of drug-likeness (QED) is 0.440. The lowest BCUT2D eigenvalue weighted by atomic mass is 9.51. The molecule has 3 aliphatic rings. The molecule has 1 aromatic rings. The number of aliphatic hydroxyl groups is 2. The first-order valence-electron chi connectivity index (χ1n) is 12.9. The van der Waals surface area contributed by atoms with Gasteiger partial charge in [-0.05, 0) is 55.2 Å². The maximum atomic E-state index is 14.2. The second-order valence-corrected chi connectivity index (χ2v) is 11.3. The van der Waals surface area contributed by atoms with Crippen molar-refractivity contribution in [2.45, 2.75) is 70.8 Å². The lowest BCUT2D eigenvalue weighted by molar-refractivity contribution is -0.166. The van der Waals surface area contributed by atoms with Gasteiger partial charge in [-0.1, -0.05) is 69.0 Å². The molecule has 0 unspecified atom stereocenters. The van der Waals surface area contributed by atoms with E-state index in [0.717, 1.165) is 5.56 Å². The van der Waals surface area contributed by atoms with Crippen molar-refractivity contribution in [1.29, 1.82) is 0 Å². The third kappa shape index (κ3) is 4.69. The molecule has 3 N–H and O–H groups in total. The zero-order valence-corrected chi connectivity index (χ0v) is 21.7. The number of aliphatic hydroxyl groups excluding tert-OH is 1. The Labute approximate surface area is 214 Å². The predicted molar refractivity (Wildman–Crippen MR) is 139 cm³/mol. The minimum atomic E-state index is -1.26. The Kier molecular flexibility index (Phi) is 7.31. The van der Waals surface area contributed by atoms with Gasteiger partial charge in [0.2, 0.25) is 5.91 Å². The van der Waals surface area contributed by atoms with E-state index >= 15 is 0 Å². The van der Waals surface area contributed by atoms with Gasteiger partial charge >= 0.3 is 5.97 Å². The number of hydrogen-bond donors (Lipinski definition) is 3. The number of amides is 1. The average Bonchev–Trinajstić information content (AvgIpc) is 3.08. The fraction of sp³-hybridized carbons (Fsp3) is 0.533. The summed E-state index contributed by atoms with van der Waals surface area (Å²) in [6, 6.07) is 9.73. The summed E-state index contributed by atoms with van der Waals surface area (Å²) in [4.78, 5) is 26.5. The van der Waals surface area contributed by atoms with Gasteiger partial charge in [-0.15, -0.1) is 0 Å². The van der Waals surface area contributed by atoms with Crippen molar-refractivity contribution in [3.63, 3.8) is 0 Å². The normalized spacial score (nSPS) is 42.3. The third-order valence-corrected chi connectivity index (χ3v) is 8.43. The van der Waals surface area contributed by atoms with Crippen LogP contribution in [0.2, 0.25) is 0 Å². The van der Waals surface area contributed by atoms with Crippen molar-refractivity contribution in [2.75, 3.05) is 0 Å². The summed E-state index contributed by atoms with van der Waals surface area (Å²) >= 11 is 0. The Hall–Kier alpha value is -2.70. The Morgan fingerprint density at radius 3 is 2.58 bits per heavy atom. The maximum absolute atomic E-state index is 14.2. The number of ether oxygens (including phenoxy) is 1. The van der Waals surface area contributed by atoms with Gasteiger partial charge in [-0.3, -0.25) is 9.59 Å². The molecular formula is C30H39NO5. The molecule has 194 valence electrons. The predicted octanol–water partition coefficient (Wildman–Crippen LogP) is 3.74. The molecule has 1 saturated heterocycles. The molecule has 1 spiro atoms. The molecule has 0 bridgehead atoms. The van der Waals surface area contributed by atoms with E-state index in [4.69, 9.17) is 4.74 Å². The molecule has 36 heavy (non-hydrogen) atoms. The monoisotopic (exact) mass is 493 g/mol. The molecule has 0 aromatic heterocycles. The summed E-state index contributed by atoms with van der Waals surface area (Å²) in [7, 11) is 0. The van der Waals surface area contributed by atoms with E-state index in [9.17, 15) is 19.8 Å². The first kappa shape index (κ1) is 26.4. The van der Waals surface area contributed by atoms with Gasteiger partial charge in [-0.2, -0.15) is 0 Å². The van der Waals surface area contributed by atoms with Crippen LogP contribution in [0.3, 0.4) is 0 Å². The number of benzene rings is 1. The Bertz CT molecular complexity index is 1060. The molecule has 2 fully saturated rings. The Morgan fingerprint density at radius 2 is 1.92 bits per heavy atom. The summed E-state index contributed by atoms with van der Waals surface area (Å²) in [6.45, 7) is 11.3. The van der Waals surface area contributed by atoms with Crippen molar-refractivity contribution in [1.82, 2.24) is 5.32 Å². The van der Waals surface area contributed by atoms with Crippen molar-refractivity contribution >= 4 is 11.9 Å². The van der Waals surface area contributed by atoms with E-state index in [1.165, 1.54) is 6.92 Å². The van der Waals surface area contributed by atoms with Crippen LogP contribution in [-0.2, 0) is 20.7 Å². The second kappa shape index (κ2) is 9.98. The highest BCUT2D eigenvalue weighted by Crippen LogP contribution is 2.58. The van der Waals surface area contributed by atoms with Crippen LogP contribution in [0.1, 0.15) is 46.1 Å². The number of nitrogens with one attached hydrogen (secondary N) is 1. The molecule has 1 aromatic carbocycles. The largest absolute Gasteiger partial charge is 0.457 e. The SMILES string of the molecule is C=C1[C@@H](O)[C@H]2/C=C\C[C@@H](C)C[C@](C)(O)/C=C/[C@@H](OC(C)=O)[C@]23C(=O)N[C@H](Cc2ccccc2)[C@@H]3[C@H]1C. The molecule has 4 rings (SSSR count). The van der Waals surface area contributed by atoms with Gasteiger partial charge in [-0.25, -0.2) is 0 Å². The van der Waals surface area contributed by atoms with Gasteiger partial charge in [0.1, 0.15) is 11.5 Å². The molecule has 9 atom stereocenters. The van der Waals surface area contributed by atoms with Gasteiger partial charge < -0.3 is 20.3 Å². The van der Waals surface area contributed by atoms with E-state index < -0.39 is 35.1 Å². The van der Waals surface area contributed by atoms with Crippen LogP contribution in [0.25, 0.3) is 0 Å². The highest BCUT2D eigenvalue weighted by molar-refractivity contribution is 5.89. The van der Waals surface area contributed by atoms with Crippen molar-refractivity contribution in [3.05, 3.63) is 72.4 Å². The molecule has 1 amide bonds. The molecular weight excluding hydrogens is 454 g/mol. The fourth-order valence-electron chi connectivity index (χ4n) is 6.90. The van der Waals surface area contributed by atoms with E-state index in [1.54, 1.807) is 19.1 Å². The summed E-state index contributed by atoms with van der Waals surface area (Å²) in [5, 5.41) is 25.8. The fourth-order valence-corrected chi connectivity index (χ4v) is 6.90. The van der Waals surface area contributed by atoms with E-state index in [1.807, 2.05) is 49.4 Å². The van der Waals surface area contributed by atoms with Gasteiger partial charge in [0.15, 0.2) is 0 Å². The molecule has 6 nitrogen and oxygen atoms in total. The lowest BCUT2D eigenvalue weighted by Gasteiger charge is -2.52. The summed E-state index contributed by atoms with van der Waals surface area (Å²) < 4.78 is 5.89. The van der Waals surface area contributed by atoms with E-state index in [0.29, 0.717) is 24.8 Å². The van der Waals surface area contributed by atoms with Crippen LogP contribution in [0.15, 0.2) is 66.8 Å². The molecule has 2 aliphatic carbocycles. The van der Waals surface area contributed by atoms with Gasteiger partial charge in [0, 0.05) is 24.8 Å². The first-order chi connectivity index (χ1) is 17.0.